The lowest BCUT2D eigenvalue weighted by Gasteiger charge is -2.24. The van der Waals surface area contributed by atoms with Crippen LogP contribution in [0.1, 0.15) is 27.2 Å². The number of anilines is 1. The lowest BCUT2D eigenvalue weighted by Crippen LogP contribution is -2.39. The van der Waals surface area contributed by atoms with Gasteiger partial charge in [-0.3, -0.25) is 0 Å². The molecule has 0 saturated carbocycles. The number of nitrogens with zero attached hydrogens (tertiary/aromatic N) is 1. The molecule has 0 radical (unpaired) electrons. The molecule has 1 fully saturated rings. The normalized spacial score (nSPS) is 19.4. The highest BCUT2D eigenvalue weighted by Crippen LogP contribution is 2.27. The first-order valence-electron chi connectivity index (χ1n) is 7.22. The van der Waals surface area contributed by atoms with E-state index < -0.39 is 0 Å². The Balaban J connectivity index is 1.94. The van der Waals surface area contributed by atoms with Gasteiger partial charge in [0.15, 0.2) is 11.6 Å². The molecule has 3 nitrogen and oxygen atoms in total. The molecule has 0 aliphatic carbocycles. The zero-order valence-corrected chi connectivity index (χ0v) is 12.9. The Morgan fingerprint density at radius 3 is 2.75 bits per heavy atom. The van der Waals surface area contributed by atoms with Gasteiger partial charge in [0, 0.05) is 36.9 Å². The molecular weight excluding hydrogens is 255 g/mol. The van der Waals surface area contributed by atoms with Gasteiger partial charge in [0.05, 0.1) is 7.11 Å². The van der Waals surface area contributed by atoms with E-state index in [1.807, 2.05) is 6.07 Å². The van der Waals surface area contributed by atoms with E-state index in [4.69, 9.17) is 4.74 Å². The van der Waals surface area contributed by atoms with Crippen LogP contribution >= 0.6 is 0 Å². The summed E-state index contributed by atoms with van der Waals surface area (Å²) in [6.07, 6.45) is 1.15. The maximum absolute atomic E-state index is 13.7. The van der Waals surface area contributed by atoms with Crippen LogP contribution in [-0.2, 0) is 0 Å². The van der Waals surface area contributed by atoms with Crippen molar-refractivity contribution in [2.24, 2.45) is 5.92 Å². The van der Waals surface area contributed by atoms with E-state index in [1.54, 1.807) is 12.1 Å². The fourth-order valence-electron chi connectivity index (χ4n) is 2.54. The van der Waals surface area contributed by atoms with Crippen LogP contribution in [0, 0.1) is 11.7 Å². The Labute approximate surface area is 121 Å². The quantitative estimate of drug-likeness (QED) is 0.917. The van der Waals surface area contributed by atoms with E-state index in [-0.39, 0.29) is 11.4 Å². The molecule has 1 unspecified atom stereocenters. The number of nitrogens with one attached hydrogen (secondary N) is 1. The number of hydrogen-bond donors (Lipinski definition) is 1. The monoisotopic (exact) mass is 280 g/mol. The molecule has 112 valence electrons. The maximum atomic E-state index is 13.7. The van der Waals surface area contributed by atoms with Crippen molar-refractivity contribution in [2.75, 3.05) is 31.6 Å². The molecule has 1 aromatic rings. The Hall–Kier alpha value is -1.29. The summed E-state index contributed by atoms with van der Waals surface area (Å²) >= 11 is 0. The summed E-state index contributed by atoms with van der Waals surface area (Å²) in [7, 11) is 1.49. The molecule has 2 rings (SSSR count). The van der Waals surface area contributed by atoms with Gasteiger partial charge in [-0.05, 0) is 45.2 Å². The minimum Gasteiger partial charge on any atom is -0.494 e. The molecule has 0 aromatic heterocycles. The molecule has 1 N–H and O–H groups in total. The van der Waals surface area contributed by atoms with Crippen LogP contribution in [0.3, 0.4) is 0 Å². The van der Waals surface area contributed by atoms with Gasteiger partial charge in [-0.15, -0.1) is 0 Å². The Kier molecular flexibility index (Phi) is 4.53. The van der Waals surface area contributed by atoms with Gasteiger partial charge in [0.25, 0.3) is 0 Å². The summed E-state index contributed by atoms with van der Waals surface area (Å²) < 4.78 is 18.7. The molecule has 0 amide bonds. The second kappa shape index (κ2) is 6.00. The molecule has 0 spiro atoms. The number of hydrogen-bond acceptors (Lipinski definition) is 3. The van der Waals surface area contributed by atoms with Crippen LogP contribution in [0.15, 0.2) is 18.2 Å². The predicted molar refractivity (Wildman–Crippen MR) is 81.0 cm³/mol. The average Bonchev–Trinajstić information content (AvgIpc) is 2.84. The number of methoxy groups -OCH3 is 1. The number of benzene rings is 1. The third kappa shape index (κ3) is 3.85. The zero-order chi connectivity index (χ0) is 14.8. The van der Waals surface area contributed by atoms with Gasteiger partial charge >= 0.3 is 0 Å². The first-order chi connectivity index (χ1) is 9.39. The highest BCUT2D eigenvalue weighted by Gasteiger charge is 2.24. The Morgan fingerprint density at radius 2 is 2.15 bits per heavy atom. The van der Waals surface area contributed by atoms with Crippen LogP contribution in [0.4, 0.5) is 10.1 Å². The molecule has 1 atom stereocenters. The van der Waals surface area contributed by atoms with Gasteiger partial charge in [-0.2, -0.15) is 0 Å². The van der Waals surface area contributed by atoms with E-state index >= 15 is 0 Å². The van der Waals surface area contributed by atoms with Gasteiger partial charge in [0.1, 0.15) is 0 Å². The smallest absolute Gasteiger partial charge is 0.167 e. The summed E-state index contributed by atoms with van der Waals surface area (Å²) in [4.78, 5) is 2.25. The minimum atomic E-state index is -0.290. The molecule has 1 saturated heterocycles. The molecular formula is C16H25FN2O. The number of ether oxygens (including phenoxy) is 1. The Bertz CT molecular complexity index is 456. The standard InChI is InChI=1S/C16H25FN2O/c1-16(2,3)18-10-12-7-8-19(11-12)13-5-6-15(20-4)14(17)9-13/h5-6,9,12,18H,7-8,10-11H2,1-4H3. The first-order valence-corrected chi connectivity index (χ1v) is 7.22. The molecule has 1 heterocycles. The van der Waals surface area contributed by atoms with E-state index in [2.05, 4.69) is 31.0 Å². The summed E-state index contributed by atoms with van der Waals surface area (Å²) in [6, 6.07) is 5.20. The molecule has 1 aliphatic heterocycles. The average molecular weight is 280 g/mol. The van der Waals surface area contributed by atoms with Gasteiger partial charge in [-0.25, -0.2) is 4.39 Å². The second-order valence-corrected chi connectivity index (χ2v) is 6.55. The Morgan fingerprint density at radius 1 is 1.40 bits per heavy atom. The highest BCUT2D eigenvalue weighted by molar-refractivity contribution is 5.50. The van der Waals surface area contributed by atoms with Crippen molar-refractivity contribution >= 4 is 5.69 Å². The SMILES string of the molecule is COc1ccc(N2CCC(CNC(C)(C)C)C2)cc1F. The third-order valence-electron chi connectivity index (χ3n) is 3.71. The van der Waals surface area contributed by atoms with Crippen molar-refractivity contribution in [1.82, 2.24) is 5.32 Å². The van der Waals surface area contributed by atoms with Gasteiger partial charge < -0.3 is 15.0 Å². The van der Waals surface area contributed by atoms with Crippen molar-refractivity contribution in [3.05, 3.63) is 24.0 Å². The molecule has 1 aromatic carbocycles. The molecule has 4 heteroatoms. The fraction of sp³-hybridized carbons (Fsp3) is 0.625. The van der Waals surface area contributed by atoms with Crippen LogP contribution in [0.5, 0.6) is 5.75 Å². The van der Waals surface area contributed by atoms with Crippen LogP contribution in [-0.4, -0.2) is 32.3 Å². The predicted octanol–water partition coefficient (Wildman–Crippen LogP) is 3.05. The van der Waals surface area contributed by atoms with Crippen LogP contribution in [0.25, 0.3) is 0 Å². The van der Waals surface area contributed by atoms with E-state index in [0.29, 0.717) is 11.7 Å². The maximum Gasteiger partial charge on any atom is 0.167 e. The van der Waals surface area contributed by atoms with Crippen molar-refractivity contribution < 1.29 is 9.13 Å². The topological polar surface area (TPSA) is 24.5 Å². The van der Waals surface area contributed by atoms with Crippen molar-refractivity contribution in [1.29, 1.82) is 0 Å². The van der Waals surface area contributed by atoms with Gasteiger partial charge in [0.2, 0.25) is 0 Å². The van der Waals surface area contributed by atoms with Crippen molar-refractivity contribution in [3.8, 4) is 5.75 Å². The third-order valence-corrected chi connectivity index (χ3v) is 3.71. The van der Waals surface area contributed by atoms with E-state index in [1.165, 1.54) is 7.11 Å². The molecule has 0 bridgehead atoms. The fourth-order valence-corrected chi connectivity index (χ4v) is 2.54. The van der Waals surface area contributed by atoms with E-state index in [9.17, 15) is 4.39 Å². The summed E-state index contributed by atoms with van der Waals surface area (Å²) in [5.41, 5.74) is 1.10. The van der Waals surface area contributed by atoms with Crippen LogP contribution in [0.2, 0.25) is 0 Å². The van der Waals surface area contributed by atoms with Crippen LogP contribution < -0.4 is 15.0 Å². The highest BCUT2D eigenvalue weighted by atomic mass is 19.1. The summed E-state index contributed by atoms with van der Waals surface area (Å²) in [5.74, 6) is 0.638. The van der Waals surface area contributed by atoms with Crippen molar-refractivity contribution in [2.45, 2.75) is 32.7 Å². The summed E-state index contributed by atoms with van der Waals surface area (Å²) in [5, 5.41) is 3.54. The van der Waals surface area contributed by atoms with Gasteiger partial charge in [-0.1, -0.05) is 0 Å². The lowest BCUT2D eigenvalue weighted by molar-refractivity contribution is 0.383. The van der Waals surface area contributed by atoms with Crippen molar-refractivity contribution in [3.63, 3.8) is 0 Å². The molecule has 1 aliphatic rings. The lowest BCUT2D eigenvalue weighted by atomic mass is 10.1. The molecule has 20 heavy (non-hydrogen) atoms. The summed E-state index contributed by atoms with van der Waals surface area (Å²) in [6.45, 7) is 9.52. The van der Waals surface area contributed by atoms with E-state index in [0.717, 1.165) is 31.7 Å². The first kappa shape index (κ1) is 15.1. The number of rotatable bonds is 4. The zero-order valence-electron chi connectivity index (χ0n) is 12.9. The second-order valence-electron chi connectivity index (χ2n) is 6.55. The number of halogens is 1. The minimum absolute atomic E-state index is 0.152. The largest absolute Gasteiger partial charge is 0.494 e.